The van der Waals surface area contributed by atoms with E-state index in [0.29, 0.717) is 0 Å². The van der Waals surface area contributed by atoms with Crippen LogP contribution in [-0.2, 0) is 18.3 Å². The minimum absolute atomic E-state index is 0.134. The molecule has 278 valence electrons. The zero-order valence-electron chi connectivity index (χ0n) is 33.4. The Bertz CT molecular complexity index is 2530. The van der Waals surface area contributed by atoms with Crippen LogP contribution in [0, 0.1) is 0 Å². The van der Waals surface area contributed by atoms with Crippen LogP contribution in [0.5, 0.6) is 0 Å². The Morgan fingerprint density at radius 1 is 0.464 bits per heavy atom. The van der Waals surface area contributed by atoms with Crippen molar-refractivity contribution >= 4 is 56.3 Å². The highest BCUT2D eigenvalue weighted by Crippen LogP contribution is 2.67. The van der Waals surface area contributed by atoms with Crippen molar-refractivity contribution in [1.82, 2.24) is 0 Å². The van der Waals surface area contributed by atoms with Crippen molar-refractivity contribution in [3.05, 3.63) is 191 Å². The summed E-state index contributed by atoms with van der Waals surface area (Å²) < 4.78 is 0. The van der Waals surface area contributed by atoms with Gasteiger partial charge in [-0.05, 0) is 131 Å². The number of rotatable bonds is 4. The lowest BCUT2D eigenvalue weighted by Crippen LogP contribution is -2.21. The van der Waals surface area contributed by atoms with Gasteiger partial charge in [0.2, 0.25) is 0 Å². The third kappa shape index (κ3) is 5.80. The van der Waals surface area contributed by atoms with Crippen LogP contribution in [0.4, 0.5) is 34.1 Å². The van der Waals surface area contributed by atoms with Crippen molar-refractivity contribution in [2.75, 3.05) is 22.3 Å². The molecule has 0 spiro atoms. The zero-order valence-corrected chi connectivity index (χ0v) is 34.2. The molecule has 2 heterocycles. The Labute approximate surface area is 335 Å². The van der Waals surface area contributed by atoms with Crippen LogP contribution in [0.25, 0.3) is 23.3 Å². The molecule has 10 rings (SSSR count). The molecule has 0 unspecified atom stereocenters. The van der Waals surface area contributed by atoms with Gasteiger partial charge in [0.1, 0.15) is 0 Å². The van der Waals surface area contributed by atoms with Crippen molar-refractivity contribution < 1.29 is 0 Å². The minimum Gasteiger partial charge on any atom is -0.310 e. The molecule has 7 aromatic rings. The van der Waals surface area contributed by atoms with Crippen LogP contribution in [0.15, 0.2) is 168 Å². The fourth-order valence-corrected chi connectivity index (χ4v) is 11.6. The van der Waals surface area contributed by atoms with E-state index < -0.39 is 10.0 Å². The third-order valence-corrected chi connectivity index (χ3v) is 14.9. The van der Waals surface area contributed by atoms with Crippen LogP contribution in [-0.4, -0.2) is 12.5 Å². The summed E-state index contributed by atoms with van der Waals surface area (Å²) in [5, 5.41) is 0. The highest BCUT2D eigenvalue weighted by Gasteiger charge is 2.38. The standard InChI is InChI=1S/C51H44N2S.C2H6/c1-51(2)43-33-36(22-21-35-23-28-39(29-24-35)52-45-15-7-5-13-37(45)26-27-38-14-6-8-16-46(38)52)25-31-41(43)42-32-30-40(34-44(42)51)53-47-17-9-11-19-49(47)54(3,4)50-20-12-10-18-48(50)53;1-2/h5-25,28-34H,26-27H2,1-4H3;1-2H3/b22-21+;. The first kappa shape index (κ1) is 35.9. The van der Waals surface area contributed by atoms with E-state index in [-0.39, 0.29) is 5.41 Å². The number of anilines is 6. The van der Waals surface area contributed by atoms with E-state index in [0.717, 1.165) is 12.8 Å². The maximum atomic E-state index is 2.49. The Kier molecular flexibility index (Phi) is 9.02. The van der Waals surface area contributed by atoms with Crippen molar-refractivity contribution in [3.8, 4) is 11.1 Å². The number of nitrogens with zero attached hydrogens (tertiary/aromatic N) is 2. The predicted molar refractivity (Wildman–Crippen MR) is 243 cm³/mol. The van der Waals surface area contributed by atoms with Crippen LogP contribution in [0.2, 0.25) is 0 Å². The van der Waals surface area contributed by atoms with Crippen LogP contribution >= 0.6 is 10.0 Å². The average molecular weight is 747 g/mol. The predicted octanol–water partition coefficient (Wildman–Crippen LogP) is 15.0. The van der Waals surface area contributed by atoms with E-state index in [1.54, 1.807) is 0 Å². The first-order valence-electron chi connectivity index (χ1n) is 20.0. The second kappa shape index (κ2) is 14.1. The SMILES string of the molecule is CC.CC1(C)c2cc(/C=C/c3ccc(N4c5ccccc5CCc5ccccc54)cc3)ccc2-c2ccc(N3c4ccccc4S(C)(C)c4ccccc43)cc21. The van der Waals surface area contributed by atoms with Crippen LogP contribution in [0.1, 0.15) is 61.1 Å². The molecule has 3 heteroatoms. The summed E-state index contributed by atoms with van der Waals surface area (Å²) in [7, 11) is -1.13. The molecule has 1 aliphatic carbocycles. The summed E-state index contributed by atoms with van der Waals surface area (Å²) in [4.78, 5) is 7.80. The van der Waals surface area contributed by atoms with E-state index in [9.17, 15) is 0 Å². The van der Waals surface area contributed by atoms with Crippen LogP contribution in [0.3, 0.4) is 0 Å². The van der Waals surface area contributed by atoms with E-state index in [2.05, 4.69) is 206 Å². The first-order chi connectivity index (χ1) is 27.3. The van der Waals surface area contributed by atoms with E-state index in [4.69, 9.17) is 0 Å². The van der Waals surface area contributed by atoms with Gasteiger partial charge in [-0.25, -0.2) is 0 Å². The van der Waals surface area contributed by atoms with Crippen LogP contribution < -0.4 is 9.80 Å². The number of para-hydroxylation sites is 4. The van der Waals surface area contributed by atoms with Crippen molar-refractivity contribution in [2.24, 2.45) is 0 Å². The number of hydrogen-bond acceptors (Lipinski definition) is 2. The lowest BCUT2D eigenvalue weighted by Gasteiger charge is -2.45. The molecule has 0 aromatic heterocycles. The number of aryl methyl sites for hydroxylation is 2. The van der Waals surface area contributed by atoms with E-state index >= 15 is 0 Å². The monoisotopic (exact) mass is 746 g/mol. The Balaban J connectivity index is 0.00000202. The van der Waals surface area contributed by atoms with Gasteiger partial charge in [0.25, 0.3) is 0 Å². The van der Waals surface area contributed by atoms with Crippen molar-refractivity contribution in [1.29, 1.82) is 0 Å². The molecule has 2 nitrogen and oxygen atoms in total. The quantitative estimate of drug-likeness (QED) is 0.166. The molecule has 0 N–H and O–H groups in total. The molecular formula is C53H50N2S. The van der Waals surface area contributed by atoms with E-state index in [1.165, 1.54) is 88.4 Å². The molecule has 0 bridgehead atoms. The Morgan fingerprint density at radius 3 is 1.48 bits per heavy atom. The maximum Gasteiger partial charge on any atom is 0.0586 e. The van der Waals surface area contributed by atoms with Crippen molar-refractivity contribution in [3.63, 3.8) is 0 Å². The second-order valence-electron chi connectivity index (χ2n) is 15.8. The normalized spacial score (nSPS) is 15.9. The van der Waals surface area contributed by atoms with Gasteiger partial charge < -0.3 is 9.80 Å². The molecule has 0 radical (unpaired) electrons. The molecule has 0 saturated carbocycles. The number of benzene rings is 7. The lowest BCUT2D eigenvalue weighted by atomic mass is 9.81. The molecule has 0 saturated heterocycles. The van der Waals surface area contributed by atoms with Gasteiger partial charge in [0, 0.05) is 38.0 Å². The third-order valence-electron chi connectivity index (χ3n) is 12.0. The molecular weight excluding hydrogens is 697 g/mol. The molecule has 7 aromatic carbocycles. The van der Waals surface area contributed by atoms with Gasteiger partial charge in [-0.3, -0.25) is 0 Å². The number of fused-ring (bicyclic) bond motifs is 7. The van der Waals surface area contributed by atoms with Gasteiger partial charge in [-0.2, -0.15) is 10.0 Å². The van der Waals surface area contributed by atoms with Gasteiger partial charge in [0.15, 0.2) is 0 Å². The summed E-state index contributed by atoms with van der Waals surface area (Å²) in [6, 6.07) is 58.9. The van der Waals surface area contributed by atoms with Gasteiger partial charge in [-0.1, -0.05) is 137 Å². The first-order valence-corrected chi connectivity index (χ1v) is 22.5. The summed E-state index contributed by atoms with van der Waals surface area (Å²) in [6.45, 7) is 8.77. The Hall–Kier alpha value is -5.77. The summed E-state index contributed by atoms with van der Waals surface area (Å²) in [5.41, 5.74) is 18.1. The Morgan fingerprint density at radius 2 is 0.893 bits per heavy atom. The molecule has 2 aliphatic heterocycles. The van der Waals surface area contributed by atoms with Crippen molar-refractivity contribution in [2.45, 2.75) is 55.7 Å². The van der Waals surface area contributed by atoms with Gasteiger partial charge in [0.05, 0.1) is 11.4 Å². The highest BCUT2D eigenvalue weighted by atomic mass is 32.3. The fourth-order valence-electron chi connectivity index (χ4n) is 9.14. The molecule has 56 heavy (non-hydrogen) atoms. The smallest absolute Gasteiger partial charge is 0.0586 e. The lowest BCUT2D eigenvalue weighted by molar-refractivity contribution is 0.660. The second-order valence-corrected chi connectivity index (χ2v) is 19.3. The largest absolute Gasteiger partial charge is 0.310 e. The number of hydrogen-bond donors (Lipinski definition) is 0. The zero-order chi connectivity index (χ0) is 38.6. The van der Waals surface area contributed by atoms with Gasteiger partial charge in [-0.15, -0.1) is 0 Å². The van der Waals surface area contributed by atoms with E-state index in [1.807, 2.05) is 13.8 Å². The molecule has 0 fully saturated rings. The topological polar surface area (TPSA) is 6.48 Å². The van der Waals surface area contributed by atoms with Gasteiger partial charge >= 0.3 is 0 Å². The molecule has 3 aliphatic rings. The average Bonchev–Trinajstić information content (AvgIpc) is 3.34. The summed E-state index contributed by atoms with van der Waals surface area (Å²) >= 11 is 0. The minimum atomic E-state index is -1.13. The fraction of sp³-hybridized carbons (Fsp3) is 0.170. The summed E-state index contributed by atoms with van der Waals surface area (Å²) in [6.07, 6.45) is 11.5. The highest BCUT2D eigenvalue weighted by molar-refractivity contribution is 8.33. The summed E-state index contributed by atoms with van der Waals surface area (Å²) in [5.74, 6) is 0. The maximum absolute atomic E-state index is 2.49. The molecule has 0 amide bonds. The molecule has 0 atom stereocenters.